The van der Waals surface area contributed by atoms with Gasteiger partial charge in [-0.15, -0.1) is 10.2 Å². The number of hydrogen-bond acceptors (Lipinski definition) is 5. The molecule has 0 unspecified atom stereocenters. The van der Waals surface area contributed by atoms with E-state index in [0.717, 1.165) is 0 Å². The first-order chi connectivity index (χ1) is 6.27. The van der Waals surface area contributed by atoms with Crippen LogP contribution in [-0.2, 0) is 0 Å². The minimum Gasteiger partial charge on any atom is -0.412 e. The van der Waals surface area contributed by atoms with Gasteiger partial charge >= 0.3 is 6.43 Å². The van der Waals surface area contributed by atoms with E-state index < -0.39 is 12.3 Å². The molecule has 2 aromatic heterocycles. The van der Waals surface area contributed by atoms with Crippen molar-refractivity contribution in [2.24, 2.45) is 0 Å². The molecule has 0 spiro atoms. The number of nitrogens with zero attached hydrogens (tertiary/aromatic N) is 4. The summed E-state index contributed by atoms with van der Waals surface area (Å²) < 4.78 is 28.5. The molecule has 0 fully saturated rings. The fraction of sp³-hybridized carbons (Fsp3) is 0.200. The standard InChI is InChI=1S/C5H3F2N5O/c6-2(7)4-11-12-5(13-4)3-8-1-9-10-3/h1-2H,(H,8,9,10). The SMILES string of the molecule is FC(F)c1nnc(-c2ncn[nH]2)o1. The molecule has 0 aromatic carbocycles. The van der Waals surface area contributed by atoms with Crippen molar-refractivity contribution >= 4 is 0 Å². The largest absolute Gasteiger partial charge is 0.412 e. The van der Waals surface area contributed by atoms with Gasteiger partial charge in [-0.2, -0.15) is 13.9 Å². The van der Waals surface area contributed by atoms with Gasteiger partial charge in [0.25, 0.3) is 11.8 Å². The Morgan fingerprint density at radius 2 is 2.23 bits per heavy atom. The Kier molecular flexibility index (Phi) is 1.72. The van der Waals surface area contributed by atoms with Gasteiger partial charge in [0.15, 0.2) is 0 Å². The van der Waals surface area contributed by atoms with Crippen LogP contribution in [0.4, 0.5) is 8.78 Å². The first-order valence-electron chi connectivity index (χ1n) is 3.24. The highest BCUT2D eigenvalue weighted by atomic mass is 19.3. The van der Waals surface area contributed by atoms with Crippen molar-refractivity contribution in [2.75, 3.05) is 0 Å². The van der Waals surface area contributed by atoms with Crippen LogP contribution in [-0.4, -0.2) is 25.4 Å². The molecule has 2 rings (SSSR count). The van der Waals surface area contributed by atoms with Crippen molar-refractivity contribution in [1.29, 1.82) is 0 Å². The third-order valence-electron chi connectivity index (χ3n) is 1.24. The molecule has 0 saturated heterocycles. The molecule has 0 aliphatic heterocycles. The lowest BCUT2D eigenvalue weighted by Gasteiger charge is -1.86. The van der Waals surface area contributed by atoms with Gasteiger partial charge in [0.2, 0.25) is 5.82 Å². The molecule has 13 heavy (non-hydrogen) atoms. The van der Waals surface area contributed by atoms with Crippen LogP contribution in [0.1, 0.15) is 12.3 Å². The third kappa shape index (κ3) is 1.37. The van der Waals surface area contributed by atoms with E-state index in [-0.39, 0.29) is 11.7 Å². The summed E-state index contributed by atoms with van der Waals surface area (Å²) >= 11 is 0. The highest BCUT2D eigenvalue weighted by Gasteiger charge is 2.17. The summed E-state index contributed by atoms with van der Waals surface area (Å²) in [7, 11) is 0. The highest BCUT2D eigenvalue weighted by Crippen LogP contribution is 2.19. The number of aromatic nitrogens is 5. The van der Waals surface area contributed by atoms with Crippen LogP contribution in [0.25, 0.3) is 11.7 Å². The molecule has 6 nitrogen and oxygen atoms in total. The molecule has 0 aliphatic rings. The van der Waals surface area contributed by atoms with Gasteiger partial charge in [-0.05, 0) is 0 Å². The van der Waals surface area contributed by atoms with Crippen LogP contribution >= 0.6 is 0 Å². The normalized spacial score (nSPS) is 11.0. The molecule has 0 amide bonds. The lowest BCUT2D eigenvalue weighted by Crippen LogP contribution is -1.81. The molecule has 8 heteroatoms. The van der Waals surface area contributed by atoms with E-state index >= 15 is 0 Å². The average Bonchev–Trinajstić information content (AvgIpc) is 2.75. The quantitative estimate of drug-likeness (QED) is 0.751. The Morgan fingerprint density at radius 1 is 1.38 bits per heavy atom. The minimum absolute atomic E-state index is 0.104. The molecule has 2 aromatic rings. The second-order valence-electron chi connectivity index (χ2n) is 2.08. The van der Waals surface area contributed by atoms with Crippen molar-refractivity contribution in [3.05, 3.63) is 12.2 Å². The van der Waals surface area contributed by atoms with Gasteiger partial charge in [0.1, 0.15) is 6.33 Å². The molecule has 68 valence electrons. The monoisotopic (exact) mass is 187 g/mol. The zero-order valence-corrected chi connectivity index (χ0v) is 6.11. The van der Waals surface area contributed by atoms with E-state index in [1.807, 2.05) is 0 Å². The van der Waals surface area contributed by atoms with Crippen molar-refractivity contribution in [3.63, 3.8) is 0 Å². The summed E-state index contributed by atoms with van der Waals surface area (Å²) in [6.45, 7) is 0. The predicted molar refractivity (Wildman–Crippen MR) is 34.6 cm³/mol. The first-order valence-corrected chi connectivity index (χ1v) is 3.24. The van der Waals surface area contributed by atoms with E-state index in [9.17, 15) is 8.78 Å². The second-order valence-corrected chi connectivity index (χ2v) is 2.08. The minimum atomic E-state index is -2.77. The summed E-state index contributed by atoms with van der Waals surface area (Å²) in [4.78, 5) is 3.65. The fourth-order valence-electron chi connectivity index (χ4n) is 0.727. The average molecular weight is 187 g/mol. The number of halogens is 2. The molecule has 0 radical (unpaired) electrons. The fourth-order valence-corrected chi connectivity index (χ4v) is 0.727. The van der Waals surface area contributed by atoms with Crippen molar-refractivity contribution < 1.29 is 13.2 Å². The maximum absolute atomic E-state index is 12.0. The summed E-state index contributed by atoms with van der Waals surface area (Å²) in [5.41, 5.74) is 0. The van der Waals surface area contributed by atoms with Crippen LogP contribution in [0.5, 0.6) is 0 Å². The number of hydrogen-bond donors (Lipinski definition) is 1. The summed E-state index contributed by atoms with van der Waals surface area (Å²) in [6, 6.07) is 0. The molecule has 1 N–H and O–H groups in total. The van der Waals surface area contributed by atoms with Crippen molar-refractivity contribution in [3.8, 4) is 11.7 Å². The van der Waals surface area contributed by atoms with Gasteiger partial charge in [-0.1, -0.05) is 0 Å². The lowest BCUT2D eigenvalue weighted by molar-refractivity contribution is 0.116. The number of nitrogens with one attached hydrogen (secondary N) is 1. The van der Waals surface area contributed by atoms with Gasteiger partial charge in [-0.3, -0.25) is 5.10 Å². The summed E-state index contributed by atoms with van der Waals surface area (Å²) in [5.74, 6) is -0.668. The molecule has 0 saturated carbocycles. The highest BCUT2D eigenvalue weighted by molar-refractivity contribution is 5.36. The van der Waals surface area contributed by atoms with E-state index in [4.69, 9.17) is 0 Å². The van der Waals surface area contributed by atoms with Crippen LogP contribution in [0.15, 0.2) is 10.7 Å². The smallest absolute Gasteiger partial charge is 0.314 e. The molecule has 2 heterocycles. The van der Waals surface area contributed by atoms with Gasteiger partial charge < -0.3 is 4.42 Å². The third-order valence-corrected chi connectivity index (χ3v) is 1.24. The maximum atomic E-state index is 12.0. The van der Waals surface area contributed by atoms with E-state index in [1.165, 1.54) is 6.33 Å². The first kappa shape index (κ1) is 7.77. The number of rotatable bonds is 2. The Labute approximate surface area is 70.0 Å². The van der Waals surface area contributed by atoms with Crippen molar-refractivity contribution in [1.82, 2.24) is 25.4 Å². The zero-order chi connectivity index (χ0) is 9.26. The van der Waals surface area contributed by atoms with E-state index in [1.54, 1.807) is 0 Å². The van der Waals surface area contributed by atoms with Gasteiger partial charge in [-0.25, -0.2) is 4.98 Å². The van der Waals surface area contributed by atoms with Crippen LogP contribution in [0, 0.1) is 0 Å². The van der Waals surface area contributed by atoms with E-state index in [0.29, 0.717) is 0 Å². The lowest BCUT2D eigenvalue weighted by atomic mass is 10.6. The van der Waals surface area contributed by atoms with Crippen LogP contribution in [0.2, 0.25) is 0 Å². The molecular formula is C5H3F2N5O. The van der Waals surface area contributed by atoms with Crippen LogP contribution in [0.3, 0.4) is 0 Å². The second kappa shape index (κ2) is 2.88. The Hall–Kier alpha value is -1.86. The number of alkyl halides is 2. The number of H-pyrrole nitrogens is 1. The Balaban J connectivity index is 2.33. The summed E-state index contributed by atoms with van der Waals surface area (Å²) in [5, 5.41) is 12.4. The van der Waals surface area contributed by atoms with Crippen molar-refractivity contribution in [2.45, 2.75) is 6.43 Å². The van der Waals surface area contributed by atoms with Gasteiger partial charge in [0, 0.05) is 0 Å². The molecule has 0 aliphatic carbocycles. The zero-order valence-electron chi connectivity index (χ0n) is 6.11. The topological polar surface area (TPSA) is 80.5 Å². The summed E-state index contributed by atoms with van der Waals surface area (Å²) in [6.07, 6.45) is -1.56. The maximum Gasteiger partial charge on any atom is 0.314 e. The Morgan fingerprint density at radius 3 is 2.77 bits per heavy atom. The molecule has 0 atom stereocenters. The van der Waals surface area contributed by atoms with Gasteiger partial charge in [0.05, 0.1) is 0 Å². The predicted octanol–water partition coefficient (Wildman–Crippen LogP) is 0.792. The molecular weight excluding hydrogens is 184 g/mol. The number of aromatic amines is 1. The van der Waals surface area contributed by atoms with E-state index in [2.05, 4.69) is 29.8 Å². The van der Waals surface area contributed by atoms with Crippen LogP contribution < -0.4 is 0 Å². The molecule has 0 bridgehead atoms. The Bertz CT molecular complexity index is 383.